The summed E-state index contributed by atoms with van der Waals surface area (Å²) in [7, 11) is 1.96. The van der Waals surface area contributed by atoms with E-state index in [4.69, 9.17) is 0 Å². The molecule has 5 nitrogen and oxygen atoms in total. The zero-order chi connectivity index (χ0) is 13.3. The van der Waals surface area contributed by atoms with E-state index in [0.29, 0.717) is 6.04 Å². The largest absolute Gasteiger partial charge is 0.310 e. The van der Waals surface area contributed by atoms with Crippen molar-refractivity contribution in [2.24, 2.45) is 7.05 Å². The highest BCUT2D eigenvalue weighted by Crippen LogP contribution is 2.17. The number of hydrogen-bond acceptors (Lipinski definition) is 3. The van der Waals surface area contributed by atoms with Gasteiger partial charge in [-0.15, -0.1) is 0 Å². The molecule has 2 aromatic heterocycles. The van der Waals surface area contributed by atoms with Gasteiger partial charge in [-0.05, 0) is 19.9 Å². The molecule has 0 aliphatic heterocycles. The lowest BCUT2D eigenvalue weighted by molar-refractivity contribution is 0.583. The molecule has 0 aliphatic rings. The predicted octanol–water partition coefficient (Wildman–Crippen LogP) is 1.72. The quantitative estimate of drug-likeness (QED) is 0.895. The van der Waals surface area contributed by atoms with Crippen molar-refractivity contribution in [1.29, 1.82) is 0 Å². The van der Waals surface area contributed by atoms with Crippen molar-refractivity contribution in [3.63, 3.8) is 0 Å². The second-order valence-electron chi connectivity index (χ2n) is 4.95. The van der Waals surface area contributed by atoms with Gasteiger partial charge in [0.05, 0.1) is 11.4 Å². The molecule has 0 bridgehead atoms. The van der Waals surface area contributed by atoms with Gasteiger partial charge in [-0.2, -0.15) is 10.2 Å². The summed E-state index contributed by atoms with van der Waals surface area (Å²) in [5.74, 6) is 1.04. The molecule has 0 amide bonds. The fourth-order valence-electron chi connectivity index (χ4n) is 2.02. The van der Waals surface area contributed by atoms with Crippen molar-refractivity contribution in [3.05, 3.63) is 29.2 Å². The first-order valence-electron chi connectivity index (χ1n) is 6.27. The van der Waals surface area contributed by atoms with Crippen molar-refractivity contribution in [1.82, 2.24) is 24.9 Å². The van der Waals surface area contributed by atoms with Crippen LogP contribution in [-0.4, -0.2) is 25.6 Å². The normalized spacial score (nSPS) is 11.4. The Hall–Kier alpha value is -1.62. The van der Waals surface area contributed by atoms with Crippen LogP contribution in [0.25, 0.3) is 5.82 Å². The van der Waals surface area contributed by atoms with Crippen molar-refractivity contribution in [2.45, 2.75) is 40.3 Å². The summed E-state index contributed by atoms with van der Waals surface area (Å²) >= 11 is 0. The fourth-order valence-corrected chi connectivity index (χ4v) is 2.02. The SMILES string of the molecule is Cc1ccn(-c2c(CNC(C)C)c(C)nn2C)n1. The molecule has 2 heterocycles. The molecule has 0 saturated carbocycles. The predicted molar refractivity (Wildman–Crippen MR) is 71.8 cm³/mol. The Balaban J connectivity index is 2.39. The van der Waals surface area contributed by atoms with Crippen LogP contribution in [0, 0.1) is 13.8 Å². The highest BCUT2D eigenvalue weighted by atomic mass is 15.4. The van der Waals surface area contributed by atoms with Gasteiger partial charge >= 0.3 is 0 Å². The van der Waals surface area contributed by atoms with Gasteiger partial charge in [0.1, 0.15) is 0 Å². The van der Waals surface area contributed by atoms with Gasteiger partial charge in [-0.25, -0.2) is 4.68 Å². The molecule has 0 radical (unpaired) electrons. The minimum Gasteiger partial charge on any atom is -0.310 e. The van der Waals surface area contributed by atoms with Gasteiger partial charge in [-0.3, -0.25) is 4.68 Å². The molecule has 0 aliphatic carbocycles. The first kappa shape index (κ1) is 12.8. The standard InChI is InChI=1S/C13H21N5/c1-9(2)14-8-12-11(4)16-17(5)13(12)18-7-6-10(3)15-18/h6-7,9,14H,8H2,1-5H3. The fraction of sp³-hybridized carbons (Fsp3) is 0.538. The summed E-state index contributed by atoms with van der Waals surface area (Å²) in [6.07, 6.45) is 1.98. The second-order valence-corrected chi connectivity index (χ2v) is 4.95. The molecule has 0 saturated heterocycles. The third-order valence-corrected chi connectivity index (χ3v) is 2.94. The Morgan fingerprint density at radius 3 is 2.56 bits per heavy atom. The molecular formula is C13H21N5. The highest BCUT2D eigenvalue weighted by Gasteiger charge is 2.15. The number of hydrogen-bond donors (Lipinski definition) is 1. The zero-order valence-corrected chi connectivity index (χ0v) is 11.7. The Morgan fingerprint density at radius 2 is 2.00 bits per heavy atom. The molecule has 18 heavy (non-hydrogen) atoms. The van der Waals surface area contributed by atoms with E-state index in [1.54, 1.807) is 0 Å². The van der Waals surface area contributed by atoms with Gasteiger partial charge in [-0.1, -0.05) is 13.8 Å². The Kier molecular flexibility index (Phi) is 3.52. The van der Waals surface area contributed by atoms with Gasteiger partial charge in [0.15, 0.2) is 5.82 Å². The summed E-state index contributed by atoms with van der Waals surface area (Å²) in [6, 6.07) is 2.46. The molecular weight excluding hydrogens is 226 g/mol. The second kappa shape index (κ2) is 4.94. The summed E-state index contributed by atoms with van der Waals surface area (Å²) in [5.41, 5.74) is 3.26. The van der Waals surface area contributed by atoms with E-state index in [0.717, 1.165) is 23.8 Å². The summed E-state index contributed by atoms with van der Waals surface area (Å²) < 4.78 is 3.78. The average Bonchev–Trinajstić information content (AvgIpc) is 2.79. The smallest absolute Gasteiger partial charge is 0.156 e. The van der Waals surface area contributed by atoms with Crippen LogP contribution >= 0.6 is 0 Å². The summed E-state index contributed by atoms with van der Waals surface area (Å²) in [4.78, 5) is 0. The van der Waals surface area contributed by atoms with Crippen LogP contribution in [0.5, 0.6) is 0 Å². The van der Waals surface area contributed by atoms with Crippen LogP contribution < -0.4 is 5.32 Å². The molecule has 1 N–H and O–H groups in total. The Bertz CT molecular complexity index is 536. The molecule has 0 spiro atoms. The average molecular weight is 247 g/mol. The number of rotatable bonds is 4. The van der Waals surface area contributed by atoms with Gasteiger partial charge in [0.2, 0.25) is 0 Å². The molecule has 0 unspecified atom stereocenters. The van der Waals surface area contributed by atoms with Crippen molar-refractivity contribution in [2.75, 3.05) is 0 Å². The molecule has 0 aromatic carbocycles. The van der Waals surface area contributed by atoms with Crippen LogP contribution in [0.15, 0.2) is 12.3 Å². The van der Waals surface area contributed by atoms with E-state index >= 15 is 0 Å². The minimum absolute atomic E-state index is 0.455. The van der Waals surface area contributed by atoms with Gasteiger partial charge in [0.25, 0.3) is 0 Å². The van der Waals surface area contributed by atoms with E-state index in [-0.39, 0.29) is 0 Å². The van der Waals surface area contributed by atoms with Crippen molar-refractivity contribution >= 4 is 0 Å². The Morgan fingerprint density at radius 1 is 1.28 bits per heavy atom. The van der Waals surface area contributed by atoms with E-state index in [1.165, 1.54) is 5.56 Å². The summed E-state index contributed by atoms with van der Waals surface area (Å²) in [6.45, 7) is 9.13. The molecule has 2 aromatic rings. The third kappa shape index (κ3) is 2.46. The Labute approximate surface area is 108 Å². The maximum Gasteiger partial charge on any atom is 0.156 e. The van der Waals surface area contributed by atoms with Gasteiger partial charge in [0, 0.05) is 31.4 Å². The maximum absolute atomic E-state index is 4.49. The van der Waals surface area contributed by atoms with Crippen LogP contribution in [0.2, 0.25) is 0 Å². The molecule has 2 rings (SSSR count). The topological polar surface area (TPSA) is 47.7 Å². The molecule has 0 fully saturated rings. The summed E-state index contributed by atoms with van der Waals surface area (Å²) in [5, 5.41) is 12.4. The number of nitrogens with one attached hydrogen (secondary N) is 1. The lowest BCUT2D eigenvalue weighted by Crippen LogP contribution is -2.23. The van der Waals surface area contributed by atoms with E-state index in [2.05, 4.69) is 29.4 Å². The first-order chi connectivity index (χ1) is 8.49. The highest BCUT2D eigenvalue weighted by molar-refractivity contribution is 5.37. The number of nitrogens with zero attached hydrogens (tertiary/aromatic N) is 4. The first-order valence-corrected chi connectivity index (χ1v) is 6.27. The van der Waals surface area contributed by atoms with Crippen LogP contribution in [0.3, 0.4) is 0 Å². The molecule has 98 valence electrons. The van der Waals surface area contributed by atoms with E-state index < -0.39 is 0 Å². The minimum atomic E-state index is 0.455. The van der Waals surface area contributed by atoms with Crippen molar-refractivity contribution in [3.8, 4) is 5.82 Å². The van der Waals surface area contributed by atoms with Crippen LogP contribution in [0.4, 0.5) is 0 Å². The third-order valence-electron chi connectivity index (χ3n) is 2.94. The van der Waals surface area contributed by atoms with E-state index in [1.807, 2.05) is 42.5 Å². The monoisotopic (exact) mass is 247 g/mol. The van der Waals surface area contributed by atoms with E-state index in [9.17, 15) is 0 Å². The molecule has 0 atom stereocenters. The van der Waals surface area contributed by atoms with Crippen LogP contribution in [-0.2, 0) is 13.6 Å². The zero-order valence-electron chi connectivity index (χ0n) is 11.7. The lowest BCUT2D eigenvalue weighted by Gasteiger charge is -2.10. The van der Waals surface area contributed by atoms with Gasteiger partial charge < -0.3 is 5.32 Å². The van der Waals surface area contributed by atoms with Crippen LogP contribution in [0.1, 0.15) is 30.8 Å². The number of aromatic nitrogens is 4. The number of aryl methyl sites for hydroxylation is 3. The maximum atomic E-state index is 4.49. The molecule has 5 heteroatoms. The lowest BCUT2D eigenvalue weighted by atomic mass is 10.2. The van der Waals surface area contributed by atoms with Crippen molar-refractivity contribution < 1.29 is 0 Å².